The molecular formula is C12H13N. The number of hydrogen-bond donors (Lipinski definition) is 0. The molecular weight excluding hydrogens is 158 g/mol. The van der Waals surface area contributed by atoms with Gasteiger partial charge in [-0.3, -0.25) is 0 Å². The van der Waals surface area contributed by atoms with Crippen molar-refractivity contribution in [1.82, 2.24) is 0 Å². The van der Waals surface area contributed by atoms with Crippen molar-refractivity contribution in [1.29, 1.82) is 5.26 Å². The molecule has 13 heavy (non-hydrogen) atoms. The van der Waals surface area contributed by atoms with Crippen LogP contribution in [-0.2, 0) is 0 Å². The van der Waals surface area contributed by atoms with Crippen LogP contribution in [0.15, 0.2) is 24.8 Å². The summed E-state index contributed by atoms with van der Waals surface area (Å²) in [5, 5.41) is 8.78. The minimum Gasteiger partial charge on any atom is -0.192 e. The molecule has 0 amide bonds. The van der Waals surface area contributed by atoms with E-state index < -0.39 is 0 Å². The highest BCUT2D eigenvalue weighted by Gasteiger charge is 2.02. The average molecular weight is 171 g/mol. The standard InChI is InChI=1S/C12H13N/c1-4-10-5-11(8-13)7-12(6-10)9(2)3/h4-7,9H,1H2,2-3H3. The Morgan fingerprint density at radius 1 is 1.38 bits per heavy atom. The third-order valence-corrected chi connectivity index (χ3v) is 2.01. The van der Waals surface area contributed by atoms with E-state index >= 15 is 0 Å². The van der Waals surface area contributed by atoms with Crippen LogP contribution in [0.2, 0.25) is 0 Å². The lowest BCUT2D eigenvalue weighted by Crippen LogP contribution is -1.89. The first kappa shape index (κ1) is 9.54. The lowest BCUT2D eigenvalue weighted by molar-refractivity contribution is 0.865. The van der Waals surface area contributed by atoms with Gasteiger partial charge in [0.2, 0.25) is 0 Å². The van der Waals surface area contributed by atoms with Crippen molar-refractivity contribution in [2.75, 3.05) is 0 Å². The van der Waals surface area contributed by atoms with Gasteiger partial charge in [-0.05, 0) is 29.2 Å². The van der Waals surface area contributed by atoms with Gasteiger partial charge in [-0.1, -0.05) is 32.6 Å². The van der Waals surface area contributed by atoms with Crippen LogP contribution in [0, 0.1) is 11.3 Å². The molecule has 0 aromatic heterocycles. The van der Waals surface area contributed by atoms with Crippen molar-refractivity contribution in [2.24, 2.45) is 0 Å². The number of nitriles is 1. The molecule has 0 fully saturated rings. The van der Waals surface area contributed by atoms with E-state index in [0.717, 1.165) is 5.56 Å². The van der Waals surface area contributed by atoms with Crippen molar-refractivity contribution < 1.29 is 0 Å². The van der Waals surface area contributed by atoms with E-state index in [9.17, 15) is 0 Å². The molecule has 0 unspecified atom stereocenters. The normalized spacial score (nSPS) is 9.69. The Hall–Kier alpha value is -1.55. The summed E-state index contributed by atoms with van der Waals surface area (Å²) in [5.41, 5.74) is 2.91. The average Bonchev–Trinajstić information content (AvgIpc) is 2.16. The van der Waals surface area contributed by atoms with Crippen LogP contribution < -0.4 is 0 Å². The number of hydrogen-bond acceptors (Lipinski definition) is 1. The SMILES string of the molecule is C=Cc1cc(C#N)cc(C(C)C)c1. The van der Waals surface area contributed by atoms with Crippen molar-refractivity contribution in [3.63, 3.8) is 0 Å². The number of rotatable bonds is 2. The van der Waals surface area contributed by atoms with Gasteiger partial charge in [0.25, 0.3) is 0 Å². The zero-order chi connectivity index (χ0) is 9.84. The van der Waals surface area contributed by atoms with Gasteiger partial charge >= 0.3 is 0 Å². The summed E-state index contributed by atoms with van der Waals surface area (Å²) < 4.78 is 0. The molecule has 66 valence electrons. The summed E-state index contributed by atoms with van der Waals surface area (Å²) in [6.07, 6.45) is 1.77. The summed E-state index contributed by atoms with van der Waals surface area (Å²) in [5.74, 6) is 0.451. The highest BCUT2D eigenvalue weighted by atomic mass is 14.2. The highest BCUT2D eigenvalue weighted by Crippen LogP contribution is 2.18. The zero-order valence-electron chi connectivity index (χ0n) is 8.04. The molecule has 0 radical (unpaired) electrons. The molecule has 0 N–H and O–H groups in total. The summed E-state index contributed by atoms with van der Waals surface area (Å²) in [7, 11) is 0. The van der Waals surface area contributed by atoms with Crippen molar-refractivity contribution in [3.8, 4) is 6.07 Å². The molecule has 0 aliphatic rings. The van der Waals surface area contributed by atoms with E-state index in [2.05, 4.69) is 32.6 Å². The van der Waals surface area contributed by atoms with Crippen LogP contribution in [0.4, 0.5) is 0 Å². The molecule has 0 spiro atoms. The fourth-order valence-corrected chi connectivity index (χ4v) is 1.19. The van der Waals surface area contributed by atoms with Gasteiger partial charge in [0.05, 0.1) is 11.6 Å². The van der Waals surface area contributed by atoms with E-state index in [4.69, 9.17) is 5.26 Å². The van der Waals surface area contributed by atoms with Crippen LogP contribution in [-0.4, -0.2) is 0 Å². The molecule has 1 aromatic carbocycles. The van der Waals surface area contributed by atoms with Gasteiger partial charge in [-0.15, -0.1) is 0 Å². The van der Waals surface area contributed by atoms with E-state index in [1.165, 1.54) is 5.56 Å². The third kappa shape index (κ3) is 2.19. The Morgan fingerprint density at radius 3 is 2.54 bits per heavy atom. The van der Waals surface area contributed by atoms with Crippen LogP contribution in [0.3, 0.4) is 0 Å². The topological polar surface area (TPSA) is 23.8 Å². The second-order valence-electron chi connectivity index (χ2n) is 3.36. The first-order valence-electron chi connectivity index (χ1n) is 4.35. The first-order valence-corrected chi connectivity index (χ1v) is 4.35. The summed E-state index contributed by atoms with van der Waals surface area (Å²) >= 11 is 0. The van der Waals surface area contributed by atoms with E-state index in [-0.39, 0.29) is 0 Å². The molecule has 0 saturated carbocycles. The second-order valence-corrected chi connectivity index (χ2v) is 3.36. The zero-order valence-corrected chi connectivity index (χ0v) is 8.04. The summed E-state index contributed by atoms with van der Waals surface area (Å²) in [4.78, 5) is 0. The van der Waals surface area contributed by atoms with Gasteiger partial charge in [0, 0.05) is 0 Å². The quantitative estimate of drug-likeness (QED) is 0.669. The lowest BCUT2D eigenvalue weighted by atomic mass is 9.98. The maximum Gasteiger partial charge on any atom is 0.0991 e. The maximum atomic E-state index is 8.78. The minimum absolute atomic E-state index is 0.451. The van der Waals surface area contributed by atoms with Crippen molar-refractivity contribution >= 4 is 6.08 Å². The second kappa shape index (κ2) is 3.91. The molecule has 0 bridgehead atoms. The molecule has 0 heterocycles. The molecule has 1 rings (SSSR count). The van der Waals surface area contributed by atoms with Crippen molar-refractivity contribution in [3.05, 3.63) is 41.5 Å². The van der Waals surface area contributed by atoms with E-state index in [1.54, 1.807) is 6.08 Å². The molecule has 1 heteroatoms. The largest absolute Gasteiger partial charge is 0.192 e. The van der Waals surface area contributed by atoms with Crippen LogP contribution in [0.5, 0.6) is 0 Å². The molecule has 1 aromatic rings. The molecule has 0 aliphatic carbocycles. The van der Waals surface area contributed by atoms with Crippen LogP contribution in [0.1, 0.15) is 36.5 Å². The highest BCUT2D eigenvalue weighted by molar-refractivity contribution is 5.52. The van der Waals surface area contributed by atoms with Crippen LogP contribution >= 0.6 is 0 Å². The number of nitrogens with zero attached hydrogens (tertiary/aromatic N) is 1. The summed E-state index contributed by atoms with van der Waals surface area (Å²) in [6.45, 7) is 7.93. The van der Waals surface area contributed by atoms with Gasteiger partial charge in [-0.25, -0.2) is 0 Å². The minimum atomic E-state index is 0.451. The van der Waals surface area contributed by atoms with Gasteiger partial charge in [0.1, 0.15) is 0 Å². The Morgan fingerprint density at radius 2 is 2.08 bits per heavy atom. The molecule has 0 saturated heterocycles. The van der Waals surface area contributed by atoms with Crippen LogP contribution in [0.25, 0.3) is 6.08 Å². The lowest BCUT2D eigenvalue weighted by Gasteiger charge is -2.06. The molecule has 0 aliphatic heterocycles. The monoisotopic (exact) mass is 171 g/mol. The van der Waals surface area contributed by atoms with Gasteiger partial charge < -0.3 is 0 Å². The number of benzene rings is 1. The first-order chi connectivity index (χ1) is 6.17. The fraction of sp³-hybridized carbons (Fsp3) is 0.250. The van der Waals surface area contributed by atoms with Gasteiger partial charge in [0.15, 0.2) is 0 Å². The van der Waals surface area contributed by atoms with E-state index in [1.807, 2.05) is 12.1 Å². The Kier molecular flexibility index (Phi) is 2.87. The fourth-order valence-electron chi connectivity index (χ4n) is 1.19. The Balaban J connectivity index is 3.24. The smallest absolute Gasteiger partial charge is 0.0991 e. The third-order valence-electron chi connectivity index (χ3n) is 2.01. The predicted molar refractivity (Wildman–Crippen MR) is 55.3 cm³/mol. The Bertz CT molecular complexity index is 356. The summed E-state index contributed by atoms with van der Waals surface area (Å²) in [6, 6.07) is 7.99. The molecule has 1 nitrogen and oxygen atoms in total. The predicted octanol–water partition coefficient (Wildman–Crippen LogP) is 3.32. The maximum absolute atomic E-state index is 8.78. The van der Waals surface area contributed by atoms with Gasteiger partial charge in [-0.2, -0.15) is 5.26 Å². The van der Waals surface area contributed by atoms with Crippen molar-refractivity contribution in [2.45, 2.75) is 19.8 Å². The Labute approximate surface area is 79.3 Å². The van der Waals surface area contributed by atoms with E-state index in [0.29, 0.717) is 11.5 Å². The molecule has 0 atom stereocenters.